The minimum Gasteiger partial charge on any atom is -0.368 e. The Morgan fingerprint density at radius 2 is 1.73 bits per heavy atom. The summed E-state index contributed by atoms with van der Waals surface area (Å²) >= 11 is 0. The van der Waals surface area contributed by atoms with Crippen molar-refractivity contribution in [3.63, 3.8) is 0 Å². The summed E-state index contributed by atoms with van der Waals surface area (Å²) in [6.07, 6.45) is 14.1. The van der Waals surface area contributed by atoms with Crippen molar-refractivity contribution in [3.8, 4) is 0 Å². The van der Waals surface area contributed by atoms with Crippen molar-refractivity contribution in [3.05, 3.63) is 0 Å². The van der Waals surface area contributed by atoms with E-state index in [-0.39, 0.29) is 0 Å². The lowest BCUT2D eigenvalue weighted by molar-refractivity contribution is -0.123. The number of aliphatic hydroxyl groups excluding tert-OH is 1. The zero-order chi connectivity index (χ0) is 20.2. The highest BCUT2D eigenvalue weighted by atomic mass is 16.6. The number of aliphatic hydroxyl groups is 1. The van der Waals surface area contributed by atoms with Crippen LogP contribution in [0.5, 0.6) is 0 Å². The van der Waals surface area contributed by atoms with Gasteiger partial charge in [0, 0.05) is 13.0 Å². The number of ketones is 1. The molecule has 2 fully saturated rings. The smallest absolute Gasteiger partial charge is 0.154 e. The maximum absolute atomic E-state index is 10.4. The molecule has 1 saturated carbocycles. The maximum atomic E-state index is 10.4. The second kappa shape index (κ2) is 20.9. The van der Waals surface area contributed by atoms with E-state index in [0.29, 0.717) is 5.78 Å². The number of hydrogen-bond donors (Lipinski definition) is 1. The fourth-order valence-electron chi connectivity index (χ4n) is 3.22. The Bertz CT molecular complexity index is 285. The molecule has 1 heterocycles. The van der Waals surface area contributed by atoms with Crippen LogP contribution in [-0.2, 0) is 9.53 Å². The molecule has 1 N–H and O–H groups in total. The topological polar surface area (TPSA) is 46.5 Å². The molecule has 3 nitrogen and oxygen atoms in total. The minimum absolute atomic E-state index is 0.325. The molecule has 3 heteroatoms. The molecule has 1 saturated heterocycles. The van der Waals surface area contributed by atoms with Crippen LogP contribution in [0, 0.1) is 11.8 Å². The molecule has 0 radical (unpaired) electrons. The third kappa shape index (κ3) is 19.9. The largest absolute Gasteiger partial charge is 0.368 e. The van der Waals surface area contributed by atoms with Gasteiger partial charge in [-0.25, -0.2) is 0 Å². The maximum Gasteiger partial charge on any atom is 0.154 e. The molecule has 158 valence electrons. The summed E-state index contributed by atoms with van der Waals surface area (Å²) in [5.74, 6) is 2.43. The van der Waals surface area contributed by atoms with Crippen molar-refractivity contribution in [1.29, 1.82) is 0 Å². The van der Waals surface area contributed by atoms with E-state index in [2.05, 4.69) is 20.8 Å². The van der Waals surface area contributed by atoms with E-state index in [1.165, 1.54) is 44.9 Å². The van der Waals surface area contributed by atoms with E-state index in [1.54, 1.807) is 6.92 Å². The van der Waals surface area contributed by atoms with Crippen LogP contribution < -0.4 is 0 Å². The Labute approximate surface area is 164 Å². The Morgan fingerprint density at radius 1 is 1.04 bits per heavy atom. The highest BCUT2D eigenvalue weighted by Gasteiger charge is 2.18. The molecule has 2 unspecified atom stereocenters. The van der Waals surface area contributed by atoms with Crippen molar-refractivity contribution < 1.29 is 14.6 Å². The summed E-state index contributed by atoms with van der Waals surface area (Å²) in [4.78, 5) is 10.4. The number of unbranched alkanes of at least 4 members (excludes halogenated alkanes) is 3. The molecule has 2 rings (SSSR count). The lowest BCUT2D eigenvalue weighted by Crippen LogP contribution is -2.17. The summed E-state index contributed by atoms with van der Waals surface area (Å²) < 4.78 is 4.83. The summed E-state index contributed by atoms with van der Waals surface area (Å²) in [6, 6.07) is 0. The molecule has 0 aromatic rings. The molecule has 1 aliphatic carbocycles. The molecular weight excluding hydrogens is 324 g/mol. The van der Waals surface area contributed by atoms with E-state index in [0.717, 1.165) is 50.5 Å². The number of hydrogen-bond acceptors (Lipinski definition) is 3. The summed E-state index contributed by atoms with van der Waals surface area (Å²) in [7, 11) is 0. The average molecular weight is 373 g/mol. The van der Waals surface area contributed by atoms with E-state index < -0.39 is 6.29 Å². The highest BCUT2D eigenvalue weighted by molar-refractivity contribution is 5.75. The van der Waals surface area contributed by atoms with Crippen molar-refractivity contribution in [2.75, 3.05) is 6.61 Å². The van der Waals surface area contributed by atoms with E-state index in [1.807, 2.05) is 13.8 Å². The van der Waals surface area contributed by atoms with Gasteiger partial charge >= 0.3 is 0 Å². The quantitative estimate of drug-likeness (QED) is 0.515. The Balaban J connectivity index is 0. The molecule has 1 aliphatic heterocycles. The first kappa shape index (κ1) is 27.8. The van der Waals surface area contributed by atoms with Crippen LogP contribution in [0.25, 0.3) is 0 Å². The van der Waals surface area contributed by atoms with Gasteiger partial charge < -0.3 is 14.6 Å². The summed E-state index contributed by atoms with van der Waals surface area (Å²) in [5.41, 5.74) is 0. The number of rotatable bonds is 6. The molecule has 26 heavy (non-hydrogen) atoms. The van der Waals surface area contributed by atoms with Crippen molar-refractivity contribution in [2.45, 2.75) is 125 Å². The predicted octanol–water partition coefficient (Wildman–Crippen LogP) is 6.91. The van der Waals surface area contributed by atoms with E-state index in [9.17, 15) is 4.79 Å². The van der Waals surface area contributed by atoms with Crippen LogP contribution in [0.3, 0.4) is 0 Å². The molecule has 0 amide bonds. The van der Waals surface area contributed by atoms with Crippen molar-refractivity contribution in [2.24, 2.45) is 11.8 Å². The third-order valence-corrected chi connectivity index (χ3v) is 4.92. The molecule has 3 atom stereocenters. The second-order valence-electron chi connectivity index (χ2n) is 7.53. The summed E-state index contributed by atoms with van der Waals surface area (Å²) in [6.45, 7) is 13.2. The van der Waals surface area contributed by atoms with Gasteiger partial charge in [-0.3, -0.25) is 0 Å². The SMILES string of the molecule is CC.CCC1CC[C@H](C)C1.CCCCCCC(C)=O.OC1CCCCO1. The molecular formula is C23H48O3. The predicted molar refractivity (Wildman–Crippen MR) is 113 cm³/mol. The van der Waals surface area contributed by atoms with Gasteiger partial charge in [-0.1, -0.05) is 73.1 Å². The number of ether oxygens (including phenoxy) is 1. The lowest BCUT2D eigenvalue weighted by Gasteiger charge is -2.16. The highest BCUT2D eigenvalue weighted by Crippen LogP contribution is 2.31. The van der Waals surface area contributed by atoms with Gasteiger partial charge in [0.2, 0.25) is 0 Å². The molecule has 0 spiro atoms. The zero-order valence-electron chi connectivity index (χ0n) is 18.7. The van der Waals surface area contributed by atoms with Crippen molar-refractivity contribution >= 4 is 5.78 Å². The van der Waals surface area contributed by atoms with Gasteiger partial charge in [0.1, 0.15) is 5.78 Å². The molecule has 0 aromatic heterocycles. The van der Waals surface area contributed by atoms with Crippen LogP contribution in [0.4, 0.5) is 0 Å². The van der Waals surface area contributed by atoms with Crippen LogP contribution >= 0.6 is 0 Å². The van der Waals surface area contributed by atoms with Gasteiger partial charge in [0.15, 0.2) is 6.29 Å². The molecule has 0 bridgehead atoms. The van der Waals surface area contributed by atoms with Crippen LogP contribution in [0.1, 0.15) is 119 Å². The van der Waals surface area contributed by atoms with Crippen LogP contribution in [0.15, 0.2) is 0 Å². The third-order valence-electron chi connectivity index (χ3n) is 4.92. The Kier molecular flexibility index (Phi) is 22.3. The first-order valence-corrected chi connectivity index (χ1v) is 11.3. The fraction of sp³-hybridized carbons (Fsp3) is 0.957. The first-order chi connectivity index (χ1) is 12.5. The fourth-order valence-corrected chi connectivity index (χ4v) is 3.22. The summed E-state index contributed by atoms with van der Waals surface area (Å²) in [5, 5.41) is 8.69. The Morgan fingerprint density at radius 3 is 2.04 bits per heavy atom. The monoisotopic (exact) mass is 372 g/mol. The number of carbonyl (C=O) groups excluding carboxylic acids is 1. The zero-order valence-corrected chi connectivity index (χ0v) is 18.7. The minimum atomic E-state index is -0.464. The van der Waals surface area contributed by atoms with Crippen molar-refractivity contribution in [1.82, 2.24) is 0 Å². The van der Waals surface area contributed by atoms with Crippen LogP contribution in [-0.4, -0.2) is 23.8 Å². The number of carbonyl (C=O) groups is 1. The standard InChI is InChI=1S/C8H16O.C8H16.C5H10O2.C2H6/c1-3-4-5-6-7-8(2)9;1-3-8-5-4-7(2)6-8;6-5-3-1-2-4-7-5;1-2/h3-7H2,1-2H3;7-8H,3-6H2,1-2H3;5-6H,1-4H2;1-2H3/t;7-,8?;;/m.0../s1. The first-order valence-electron chi connectivity index (χ1n) is 11.3. The average Bonchev–Trinajstić information content (AvgIpc) is 3.08. The number of Topliss-reactive ketones (excluding diaryl/α,β-unsaturated/α-hetero) is 1. The lowest BCUT2D eigenvalue weighted by atomic mass is 10.0. The van der Waals surface area contributed by atoms with Gasteiger partial charge in [-0.2, -0.15) is 0 Å². The van der Waals surface area contributed by atoms with Gasteiger partial charge in [0.05, 0.1) is 0 Å². The van der Waals surface area contributed by atoms with Crippen LogP contribution in [0.2, 0.25) is 0 Å². The molecule has 2 aliphatic rings. The normalized spacial score (nSPS) is 24.2. The van der Waals surface area contributed by atoms with E-state index >= 15 is 0 Å². The van der Waals surface area contributed by atoms with Gasteiger partial charge in [-0.05, 0) is 50.9 Å². The van der Waals surface area contributed by atoms with E-state index in [4.69, 9.17) is 9.84 Å². The van der Waals surface area contributed by atoms with Gasteiger partial charge in [0.25, 0.3) is 0 Å². The molecule has 0 aromatic carbocycles. The van der Waals surface area contributed by atoms with Gasteiger partial charge in [-0.15, -0.1) is 0 Å². The second-order valence-corrected chi connectivity index (χ2v) is 7.53. The Hall–Kier alpha value is -0.410.